The third-order valence-corrected chi connectivity index (χ3v) is 5.20. The van der Waals surface area contributed by atoms with Crippen molar-refractivity contribution in [2.24, 2.45) is 0 Å². The molecule has 30 heavy (non-hydrogen) atoms. The Morgan fingerprint density at radius 2 is 1.87 bits per heavy atom. The average molecular weight is 409 g/mol. The van der Waals surface area contributed by atoms with Crippen LogP contribution in [-0.4, -0.2) is 49.6 Å². The van der Waals surface area contributed by atoms with E-state index >= 15 is 0 Å². The molecule has 0 spiro atoms. The van der Waals surface area contributed by atoms with E-state index in [0.717, 1.165) is 24.9 Å². The van der Waals surface area contributed by atoms with Crippen LogP contribution in [-0.2, 0) is 4.74 Å². The maximum absolute atomic E-state index is 12.7. The van der Waals surface area contributed by atoms with Crippen molar-refractivity contribution < 1.29 is 19.1 Å². The SMILES string of the molecule is CCOC(=O)c1ccc(NC(=O)c2cccc([C@@H]3CCCN(C(=O)NC)C3)c2)cc1. The lowest BCUT2D eigenvalue weighted by molar-refractivity contribution is 0.0526. The number of carbonyl (C=O) groups excluding carboxylic acids is 3. The van der Waals surface area contributed by atoms with E-state index in [9.17, 15) is 14.4 Å². The van der Waals surface area contributed by atoms with Crippen molar-refractivity contribution in [3.05, 3.63) is 65.2 Å². The molecule has 1 saturated heterocycles. The highest BCUT2D eigenvalue weighted by Crippen LogP contribution is 2.27. The normalized spacial score (nSPS) is 15.9. The van der Waals surface area contributed by atoms with E-state index in [-0.39, 0.29) is 23.8 Å². The molecule has 0 saturated carbocycles. The van der Waals surface area contributed by atoms with Gasteiger partial charge in [-0.3, -0.25) is 4.79 Å². The summed E-state index contributed by atoms with van der Waals surface area (Å²) >= 11 is 0. The molecule has 1 aliphatic heterocycles. The number of hydrogen-bond donors (Lipinski definition) is 2. The van der Waals surface area contributed by atoms with Gasteiger partial charge >= 0.3 is 12.0 Å². The second kappa shape index (κ2) is 9.91. The number of piperidine rings is 1. The molecule has 0 aromatic heterocycles. The van der Waals surface area contributed by atoms with Crippen LogP contribution >= 0.6 is 0 Å². The molecule has 1 fully saturated rings. The lowest BCUT2D eigenvalue weighted by Crippen LogP contribution is -2.43. The van der Waals surface area contributed by atoms with Gasteiger partial charge in [-0.15, -0.1) is 0 Å². The highest BCUT2D eigenvalue weighted by atomic mass is 16.5. The number of likely N-dealkylation sites (tertiary alicyclic amines) is 1. The summed E-state index contributed by atoms with van der Waals surface area (Å²) in [5.74, 6) is -0.409. The van der Waals surface area contributed by atoms with Crippen molar-refractivity contribution in [2.45, 2.75) is 25.7 Å². The summed E-state index contributed by atoms with van der Waals surface area (Å²) in [4.78, 5) is 38.2. The molecule has 1 aliphatic rings. The molecule has 1 heterocycles. The summed E-state index contributed by atoms with van der Waals surface area (Å²) < 4.78 is 4.96. The van der Waals surface area contributed by atoms with E-state index in [4.69, 9.17) is 4.74 Å². The minimum Gasteiger partial charge on any atom is -0.462 e. The molecule has 0 bridgehead atoms. The molecular weight excluding hydrogens is 382 g/mol. The highest BCUT2D eigenvalue weighted by Gasteiger charge is 2.24. The summed E-state index contributed by atoms with van der Waals surface area (Å²) in [6.45, 7) is 3.46. The fourth-order valence-electron chi connectivity index (χ4n) is 3.63. The number of urea groups is 1. The van der Waals surface area contributed by atoms with Crippen molar-refractivity contribution in [3.8, 4) is 0 Å². The van der Waals surface area contributed by atoms with Crippen LogP contribution in [0.15, 0.2) is 48.5 Å². The molecule has 7 heteroatoms. The molecule has 0 unspecified atom stereocenters. The summed E-state index contributed by atoms with van der Waals surface area (Å²) in [5, 5.41) is 5.53. The maximum atomic E-state index is 12.7. The largest absolute Gasteiger partial charge is 0.462 e. The first-order valence-electron chi connectivity index (χ1n) is 10.2. The number of anilines is 1. The summed E-state index contributed by atoms with van der Waals surface area (Å²) in [5.41, 5.74) is 2.64. The smallest absolute Gasteiger partial charge is 0.338 e. The van der Waals surface area contributed by atoms with Crippen LogP contribution in [0.4, 0.5) is 10.5 Å². The van der Waals surface area contributed by atoms with Gasteiger partial charge in [-0.05, 0) is 61.7 Å². The second-order valence-electron chi connectivity index (χ2n) is 7.22. The molecule has 3 rings (SSSR count). The van der Waals surface area contributed by atoms with E-state index in [1.165, 1.54) is 0 Å². The van der Waals surface area contributed by atoms with Gasteiger partial charge in [0.1, 0.15) is 0 Å². The molecule has 0 aliphatic carbocycles. The lowest BCUT2D eigenvalue weighted by Gasteiger charge is -2.32. The maximum Gasteiger partial charge on any atom is 0.338 e. The lowest BCUT2D eigenvalue weighted by atomic mass is 9.89. The average Bonchev–Trinajstić information content (AvgIpc) is 2.79. The van der Waals surface area contributed by atoms with E-state index in [0.29, 0.717) is 30.0 Å². The molecular formula is C23H27N3O4. The zero-order valence-corrected chi connectivity index (χ0v) is 17.3. The minimum absolute atomic E-state index is 0.0696. The minimum atomic E-state index is -0.388. The first-order chi connectivity index (χ1) is 14.5. The molecule has 2 aromatic carbocycles. The van der Waals surface area contributed by atoms with Gasteiger partial charge < -0.3 is 20.3 Å². The van der Waals surface area contributed by atoms with Gasteiger partial charge in [0.15, 0.2) is 0 Å². The molecule has 3 amide bonds. The Labute approximate surface area is 176 Å². The van der Waals surface area contributed by atoms with Crippen LogP contribution in [0.2, 0.25) is 0 Å². The molecule has 2 N–H and O–H groups in total. The third kappa shape index (κ3) is 5.17. The zero-order chi connectivity index (χ0) is 21.5. The summed E-state index contributed by atoms with van der Waals surface area (Å²) in [6.07, 6.45) is 1.91. The number of hydrogen-bond acceptors (Lipinski definition) is 4. The van der Waals surface area contributed by atoms with Gasteiger partial charge in [-0.1, -0.05) is 12.1 Å². The predicted molar refractivity (Wildman–Crippen MR) is 115 cm³/mol. The monoisotopic (exact) mass is 409 g/mol. The van der Waals surface area contributed by atoms with Gasteiger partial charge in [-0.25, -0.2) is 9.59 Å². The van der Waals surface area contributed by atoms with Crippen molar-refractivity contribution in [1.29, 1.82) is 0 Å². The fourth-order valence-corrected chi connectivity index (χ4v) is 3.63. The van der Waals surface area contributed by atoms with E-state index in [2.05, 4.69) is 10.6 Å². The molecule has 2 aromatic rings. The Morgan fingerprint density at radius 1 is 1.10 bits per heavy atom. The van der Waals surface area contributed by atoms with Crippen LogP contribution in [0.1, 0.15) is 52.0 Å². The van der Waals surface area contributed by atoms with E-state index in [1.807, 2.05) is 23.1 Å². The molecule has 7 nitrogen and oxygen atoms in total. The first kappa shape index (κ1) is 21.4. The first-order valence-corrected chi connectivity index (χ1v) is 10.2. The van der Waals surface area contributed by atoms with Crippen LogP contribution < -0.4 is 10.6 Å². The number of nitrogens with zero attached hydrogens (tertiary/aromatic N) is 1. The van der Waals surface area contributed by atoms with Crippen LogP contribution in [0, 0.1) is 0 Å². The summed E-state index contributed by atoms with van der Waals surface area (Å²) in [6, 6.07) is 14.1. The zero-order valence-electron chi connectivity index (χ0n) is 17.3. The highest BCUT2D eigenvalue weighted by molar-refractivity contribution is 6.04. The van der Waals surface area contributed by atoms with E-state index < -0.39 is 0 Å². The number of nitrogens with one attached hydrogen (secondary N) is 2. The van der Waals surface area contributed by atoms with Crippen molar-refractivity contribution >= 4 is 23.6 Å². The molecule has 158 valence electrons. The Hall–Kier alpha value is -3.35. The second-order valence-corrected chi connectivity index (χ2v) is 7.22. The fraction of sp³-hybridized carbons (Fsp3) is 0.348. The Balaban J connectivity index is 1.67. The number of rotatable bonds is 5. The van der Waals surface area contributed by atoms with Gasteiger partial charge in [-0.2, -0.15) is 0 Å². The molecule has 1 atom stereocenters. The number of ether oxygens (including phenoxy) is 1. The van der Waals surface area contributed by atoms with Crippen LogP contribution in [0.5, 0.6) is 0 Å². The third-order valence-electron chi connectivity index (χ3n) is 5.20. The van der Waals surface area contributed by atoms with Crippen molar-refractivity contribution in [1.82, 2.24) is 10.2 Å². The Morgan fingerprint density at radius 3 is 2.57 bits per heavy atom. The van der Waals surface area contributed by atoms with E-state index in [1.54, 1.807) is 44.3 Å². The van der Waals surface area contributed by atoms with Gasteiger partial charge in [0.2, 0.25) is 0 Å². The number of carbonyl (C=O) groups is 3. The van der Waals surface area contributed by atoms with Crippen molar-refractivity contribution in [2.75, 3.05) is 32.1 Å². The molecule has 0 radical (unpaired) electrons. The quantitative estimate of drug-likeness (QED) is 0.738. The van der Waals surface area contributed by atoms with Crippen LogP contribution in [0.3, 0.4) is 0 Å². The number of benzene rings is 2. The summed E-state index contributed by atoms with van der Waals surface area (Å²) in [7, 11) is 1.64. The van der Waals surface area contributed by atoms with Gasteiger partial charge in [0.05, 0.1) is 12.2 Å². The number of esters is 1. The topological polar surface area (TPSA) is 87.7 Å². The Bertz CT molecular complexity index is 911. The van der Waals surface area contributed by atoms with Crippen molar-refractivity contribution in [3.63, 3.8) is 0 Å². The predicted octanol–water partition coefficient (Wildman–Crippen LogP) is 3.63. The Kier molecular flexibility index (Phi) is 7.06. The number of amides is 3. The van der Waals surface area contributed by atoms with Crippen LogP contribution in [0.25, 0.3) is 0 Å². The standard InChI is InChI=1S/C23H27N3O4/c1-3-30-22(28)16-9-11-20(12-10-16)25-21(27)18-7-4-6-17(14-18)19-8-5-13-26(15-19)23(29)24-2/h4,6-7,9-12,14,19H,3,5,8,13,15H2,1-2H3,(H,24,29)(H,25,27)/t19-/m1/s1. The van der Waals surface area contributed by atoms with Gasteiger partial charge in [0.25, 0.3) is 5.91 Å². The van der Waals surface area contributed by atoms with Gasteiger partial charge in [0, 0.05) is 37.3 Å².